The number of hydrogen-bond acceptors (Lipinski definition) is 5. The van der Waals surface area contributed by atoms with Gasteiger partial charge >= 0.3 is 0 Å². The fourth-order valence-electron chi connectivity index (χ4n) is 3.20. The van der Waals surface area contributed by atoms with Gasteiger partial charge in [-0.05, 0) is 48.2 Å². The van der Waals surface area contributed by atoms with E-state index in [-0.39, 0.29) is 24.8 Å². The maximum atomic E-state index is 13.2. The molecule has 0 radical (unpaired) electrons. The third-order valence-electron chi connectivity index (χ3n) is 4.94. The van der Waals surface area contributed by atoms with Gasteiger partial charge in [0, 0.05) is 17.8 Å². The van der Waals surface area contributed by atoms with Gasteiger partial charge in [0.2, 0.25) is 0 Å². The molecule has 1 aliphatic heterocycles. The molecular weight excluding hydrogens is 416 g/mol. The molecule has 2 aromatic carbocycles. The average Bonchev–Trinajstić information content (AvgIpc) is 2.98. The van der Waals surface area contributed by atoms with E-state index in [2.05, 4.69) is 19.2 Å². The second kappa shape index (κ2) is 9.98. The second-order valence-electron chi connectivity index (χ2n) is 7.77. The van der Waals surface area contributed by atoms with Crippen molar-refractivity contribution in [2.45, 2.75) is 20.8 Å². The summed E-state index contributed by atoms with van der Waals surface area (Å²) in [6, 6.07) is 12.6. The molecule has 0 saturated carbocycles. The van der Waals surface area contributed by atoms with Crippen LogP contribution < -0.4 is 10.1 Å². The number of carbonyl (C=O) groups excluding carboxylic acids is 2. The first-order chi connectivity index (χ1) is 14.8. The summed E-state index contributed by atoms with van der Waals surface area (Å²) >= 11 is 6.24. The van der Waals surface area contributed by atoms with Crippen LogP contribution in [0, 0.1) is 12.8 Å². The first-order valence-corrected chi connectivity index (χ1v) is 10.6. The SMILES string of the molecule is COCCN1C(=O)C(Nc2cccc(Cl)c2C)=C(c2ccc(OCC(C)C)cc2)C1=O. The molecule has 0 fully saturated rings. The van der Waals surface area contributed by atoms with Crippen molar-refractivity contribution < 1.29 is 19.1 Å². The zero-order chi connectivity index (χ0) is 22.5. The fraction of sp³-hybridized carbons (Fsp3) is 0.333. The summed E-state index contributed by atoms with van der Waals surface area (Å²) in [6.07, 6.45) is 0. The quantitative estimate of drug-likeness (QED) is 0.578. The van der Waals surface area contributed by atoms with Crippen LogP contribution in [0.5, 0.6) is 5.75 Å². The Bertz CT molecular complexity index is 999. The van der Waals surface area contributed by atoms with Crippen molar-refractivity contribution in [2.24, 2.45) is 5.92 Å². The predicted molar refractivity (Wildman–Crippen MR) is 122 cm³/mol. The number of nitrogens with one attached hydrogen (secondary N) is 1. The number of halogens is 1. The van der Waals surface area contributed by atoms with Gasteiger partial charge in [0.1, 0.15) is 11.4 Å². The molecule has 0 aliphatic carbocycles. The lowest BCUT2D eigenvalue weighted by Gasteiger charge is -2.15. The van der Waals surface area contributed by atoms with Gasteiger partial charge in [-0.1, -0.05) is 43.6 Å². The number of ether oxygens (including phenoxy) is 2. The number of nitrogens with zero attached hydrogens (tertiary/aromatic N) is 1. The summed E-state index contributed by atoms with van der Waals surface area (Å²) in [4.78, 5) is 27.5. The number of imide groups is 1. The Hall–Kier alpha value is -2.83. The van der Waals surface area contributed by atoms with Crippen LogP contribution in [0.4, 0.5) is 5.69 Å². The average molecular weight is 443 g/mol. The van der Waals surface area contributed by atoms with E-state index >= 15 is 0 Å². The van der Waals surface area contributed by atoms with Gasteiger partial charge in [-0.15, -0.1) is 0 Å². The number of amides is 2. The number of rotatable bonds is 9. The number of benzene rings is 2. The van der Waals surface area contributed by atoms with Crippen molar-refractivity contribution in [3.8, 4) is 5.75 Å². The van der Waals surface area contributed by atoms with Gasteiger partial charge < -0.3 is 14.8 Å². The van der Waals surface area contributed by atoms with Crippen molar-refractivity contribution in [1.82, 2.24) is 4.90 Å². The Morgan fingerprint density at radius 2 is 1.77 bits per heavy atom. The van der Waals surface area contributed by atoms with Crippen molar-refractivity contribution in [3.63, 3.8) is 0 Å². The normalized spacial score (nSPS) is 14.1. The monoisotopic (exact) mass is 442 g/mol. The summed E-state index contributed by atoms with van der Waals surface area (Å²) in [5, 5.41) is 3.73. The molecule has 0 unspecified atom stereocenters. The summed E-state index contributed by atoms with van der Waals surface area (Å²) in [5.74, 6) is 0.366. The molecule has 1 aliphatic rings. The maximum Gasteiger partial charge on any atom is 0.278 e. The van der Waals surface area contributed by atoms with Crippen LogP contribution in [-0.2, 0) is 14.3 Å². The third kappa shape index (κ3) is 5.09. The molecule has 1 heterocycles. The van der Waals surface area contributed by atoms with Crippen molar-refractivity contribution in [2.75, 3.05) is 32.2 Å². The zero-order valence-corrected chi connectivity index (χ0v) is 19.0. The lowest BCUT2D eigenvalue weighted by Crippen LogP contribution is -2.35. The lowest BCUT2D eigenvalue weighted by molar-refractivity contribution is -0.137. The predicted octanol–water partition coefficient (Wildman–Crippen LogP) is 4.52. The molecule has 0 bridgehead atoms. The minimum atomic E-state index is -0.392. The minimum Gasteiger partial charge on any atom is -0.493 e. The van der Waals surface area contributed by atoms with E-state index in [1.807, 2.05) is 25.1 Å². The first-order valence-electron chi connectivity index (χ1n) is 10.2. The molecular formula is C24H27ClN2O4. The van der Waals surface area contributed by atoms with E-state index in [0.717, 1.165) is 5.56 Å². The molecule has 0 atom stereocenters. The Labute approximate surface area is 187 Å². The Morgan fingerprint density at radius 3 is 2.42 bits per heavy atom. The fourth-order valence-corrected chi connectivity index (χ4v) is 3.38. The smallest absolute Gasteiger partial charge is 0.278 e. The van der Waals surface area contributed by atoms with Crippen molar-refractivity contribution >= 4 is 34.7 Å². The Balaban J connectivity index is 1.98. The highest BCUT2D eigenvalue weighted by Gasteiger charge is 2.39. The lowest BCUT2D eigenvalue weighted by atomic mass is 10.0. The van der Waals surface area contributed by atoms with E-state index in [1.54, 1.807) is 24.3 Å². The van der Waals surface area contributed by atoms with Crippen LogP contribution in [0.3, 0.4) is 0 Å². The summed E-state index contributed by atoms with van der Waals surface area (Å²) in [5.41, 5.74) is 2.64. The maximum absolute atomic E-state index is 13.2. The first kappa shape index (κ1) is 22.8. The Kier molecular flexibility index (Phi) is 7.36. The molecule has 3 rings (SSSR count). The topological polar surface area (TPSA) is 67.9 Å². The molecule has 2 aromatic rings. The summed E-state index contributed by atoms with van der Waals surface area (Å²) < 4.78 is 10.8. The standard InChI is InChI=1S/C24H27ClN2O4/c1-15(2)14-31-18-10-8-17(9-11-18)21-22(24(29)27(23(21)28)12-13-30-4)26-20-7-5-6-19(25)16(20)3/h5-11,15,26H,12-14H2,1-4H3. The highest BCUT2D eigenvalue weighted by molar-refractivity contribution is 6.36. The zero-order valence-electron chi connectivity index (χ0n) is 18.2. The van der Waals surface area contributed by atoms with E-state index in [4.69, 9.17) is 21.1 Å². The van der Waals surface area contributed by atoms with Gasteiger partial charge in [-0.25, -0.2) is 0 Å². The minimum absolute atomic E-state index is 0.174. The largest absolute Gasteiger partial charge is 0.493 e. The summed E-state index contributed by atoms with van der Waals surface area (Å²) in [6.45, 7) is 7.04. The van der Waals surface area contributed by atoms with Crippen LogP contribution in [0.2, 0.25) is 5.02 Å². The van der Waals surface area contributed by atoms with Crippen molar-refractivity contribution in [3.05, 3.63) is 64.3 Å². The van der Waals surface area contributed by atoms with Crippen LogP contribution in [0.25, 0.3) is 5.57 Å². The number of carbonyl (C=O) groups is 2. The highest BCUT2D eigenvalue weighted by Crippen LogP contribution is 2.33. The molecule has 2 amide bonds. The molecule has 6 nitrogen and oxygen atoms in total. The van der Waals surface area contributed by atoms with Crippen LogP contribution in [0.15, 0.2) is 48.2 Å². The van der Waals surface area contributed by atoms with E-state index in [1.165, 1.54) is 12.0 Å². The van der Waals surface area contributed by atoms with Crippen LogP contribution in [-0.4, -0.2) is 43.6 Å². The van der Waals surface area contributed by atoms with Crippen molar-refractivity contribution in [1.29, 1.82) is 0 Å². The Morgan fingerprint density at radius 1 is 1.06 bits per heavy atom. The van der Waals surface area contributed by atoms with Gasteiger partial charge in [0.05, 0.1) is 25.3 Å². The molecule has 0 saturated heterocycles. The highest BCUT2D eigenvalue weighted by atomic mass is 35.5. The number of hydrogen-bond donors (Lipinski definition) is 1. The third-order valence-corrected chi connectivity index (χ3v) is 5.35. The van der Waals surface area contributed by atoms with Crippen LogP contribution >= 0.6 is 11.6 Å². The van der Waals surface area contributed by atoms with Gasteiger partial charge in [0.25, 0.3) is 11.8 Å². The molecule has 0 aromatic heterocycles. The molecule has 0 spiro atoms. The van der Waals surface area contributed by atoms with Crippen LogP contribution in [0.1, 0.15) is 25.0 Å². The molecule has 1 N–H and O–H groups in total. The molecule has 31 heavy (non-hydrogen) atoms. The van der Waals surface area contributed by atoms with E-state index < -0.39 is 5.91 Å². The molecule has 7 heteroatoms. The van der Waals surface area contributed by atoms with Gasteiger partial charge in [0.15, 0.2) is 0 Å². The second-order valence-corrected chi connectivity index (χ2v) is 8.18. The molecule has 164 valence electrons. The number of methoxy groups -OCH3 is 1. The summed E-state index contributed by atoms with van der Waals surface area (Å²) in [7, 11) is 1.53. The van der Waals surface area contributed by atoms with E-state index in [0.29, 0.717) is 40.1 Å². The van der Waals surface area contributed by atoms with Gasteiger partial charge in [-0.3, -0.25) is 14.5 Å². The van der Waals surface area contributed by atoms with Gasteiger partial charge in [-0.2, -0.15) is 0 Å². The number of anilines is 1. The van der Waals surface area contributed by atoms with E-state index in [9.17, 15) is 9.59 Å².